The second-order valence-electron chi connectivity index (χ2n) is 6.73. The Bertz CT molecular complexity index is 903. The van der Waals surface area contributed by atoms with E-state index in [0.717, 1.165) is 17.6 Å². The molecule has 1 saturated heterocycles. The molecule has 0 radical (unpaired) electrons. The molecule has 128 valence electrons. The summed E-state index contributed by atoms with van der Waals surface area (Å²) in [7, 11) is -2.99. The minimum atomic E-state index is -2.99. The maximum absolute atomic E-state index is 12.6. The normalized spacial score (nSPS) is 25.6. The molecule has 1 fully saturated rings. The van der Waals surface area contributed by atoms with Crippen LogP contribution in [-0.4, -0.2) is 48.4 Å². The largest absolute Gasteiger partial charge is 0.356 e. The Balaban J connectivity index is 1.54. The number of nitrogens with one attached hydrogen (secondary N) is 2. The molecule has 2 aromatic rings. The van der Waals surface area contributed by atoms with Crippen LogP contribution in [0.25, 0.3) is 10.9 Å². The van der Waals surface area contributed by atoms with Gasteiger partial charge in [-0.1, -0.05) is 18.2 Å². The summed E-state index contributed by atoms with van der Waals surface area (Å²) in [5.41, 5.74) is 3.46. The lowest BCUT2D eigenvalue weighted by Crippen LogP contribution is -2.48. The van der Waals surface area contributed by atoms with Crippen LogP contribution >= 0.6 is 0 Å². The number of sulfone groups is 1. The summed E-state index contributed by atoms with van der Waals surface area (Å²) in [4.78, 5) is 17.8. The molecule has 3 heterocycles. The summed E-state index contributed by atoms with van der Waals surface area (Å²) in [6, 6.07) is 7.69. The highest BCUT2D eigenvalue weighted by atomic mass is 32.2. The van der Waals surface area contributed by atoms with Crippen LogP contribution in [0.2, 0.25) is 0 Å². The third-order valence-electron chi connectivity index (χ3n) is 5.16. The lowest BCUT2D eigenvalue weighted by Gasteiger charge is -2.34. The smallest absolute Gasteiger partial charge is 0.318 e. The summed E-state index contributed by atoms with van der Waals surface area (Å²) in [6.45, 7) is 2.65. The van der Waals surface area contributed by atoms with Crippen LogP contribution in [0.15, 0.2) is 24.3 Å². The Hall–Kier alpha value is -2.02. The van der Waals surface area contributed by atoms with Gasteiger partial charge in [0.2, 0.25) is 0 Å². The molecule has 1 aromatic heterocycles. The van der Waals surface area contributed by atoms with E-state index in [-0.39, 0.29) is 29.6 Å². The highest BCUT2D eigenvalue weighted by Crippen LogP contribution is 2.34. The maximum Gasteiger partial charge on any atom is 0.318 e. The lowest BCUT2D eigenvalue weighted by molar-refractivity contribution is 0.171. The van der Waals surface area contributed by atoms with Crippen molar-refractivity contribution >= 4 is 26.8 Å². The molecule has 2 aliphatic heterocycles. The highest BCUT2D eigenvalue weighted by Gasteiger charge is 2.34. The number of carbonyl (C=O) groups is 1. The monoisotopic (exact) mass is 347 g/mol. The van der Waals surface area contributed by atoms with Crippen molar-refractivity contribution in [3.63, 3.8) is 0 Å². The first-order valence-electron chi connectivity index (χ1n) is 8.31. The molecule has 0 spiro atoms. The Morgan fingerprint density at radius 2 is 2.12 bits per heavy atom. The van der Waals surface area contributed by atoms with Gasteiger partial charge in [0, 0.05) is 29.2 Å². The van der Waals surface area contributed by atoms with Gasteiger partial charge >= 0.3 is 6.03 Å². The zero-order valence-electron chi connectivity index (χ0n) is 13.6. The SMILES string of the molecule is C[C@@H]1c2[nH]c3ccccc3c2CCN1C(=O)N[C@H]1CCS(=O)(=O)C1. The van der Waals surface area contributed by atoms with Gasteiger partial charge in [0.15, 0.2) is 9.84 Å². The first-order chi connectivity index (χ1) is 11.4. The fourth-order valence-electron chi connectivity index (χ4n) is 3.87. The summed E-state index contributed by atoms with van der Waals surface area (Å²) in [5.74, 6) is 0.221. The van der Waals surface area contributed by atoms with E-state index in [2.05, 4.69) is 16.4 Å². The van der Waals surface area contributed by atoms with Crippen molar-refractivity contribution < 1.29 is 13.2 Å². The predicted octanol–water partition coefficient (Wildman–Crippen LogP) is 1.98. The van der Waals surface area contributed by atoms with Gasteiger partial charge < -0.3 is 15.2 Å². The number of nitrogens with zero attached hydrogens (tertiary/aromatic N) is 1. The third kappa shape index (κ3) is 2.56. The molecule has 7 heteroatoms. The molecule has 0 saturated carbocycles. The molecule has 2 atom stereocenters. The second-order valence-corrected chi connectivity index (χ2v) is 8.96. The standard InChI is InChI=1S/C17H21N3O3S/c1-11-16-14(13-4-2-3-5-15(13)19-16)6-8-20(11)17(21)18-12-7-9-24(22,23)10-12/h2-5,11-12,19H,6-10H2,1H3,(H,18,21)/t11-,12+/m1/s1. The quantitative estimate of drug-likeness (QED) is 0.827. The number of fused-ring (bicyclic) bond motifs is 3. The van der Waals surface area contributed by atoms with Gasteiger partial charge in [-0.05, 0) is 31.4 Å². The van der Waals surface area contributed by atoms with Gasteiger partial charge in [-0.2, -0.15) is 0 Å². The van der Waals surface area contributed by atoms with E-state index in [9.17, 15) is 13.2 Å². The number of benzene rings is 1. The van der Waals surface area contributed by atoms with Crippen molar-refractivity contribution in [2.45, 2.75) is 31.8 Å². The molecule has 1 aromatic carbocycles. The van der Waals surface area contributed by atoms with Crippen molar-refractivity contribution in [2.24, 2.45) is 0 Å². The molecule has 0 aliphatic carbocycles. The van der Waals surface area contributed by atoms with Crippen molar-refractivity contribution in [3.8, 4) is 0 Å². The minimum Gasteiger partial charge on any atom is -0.356 e. The number of para-hydroxylation sites is 1. The molecular weight excluding hydrogens is 326 g/mol. The van der Waals surface area contributed by atoms with Crippen LogP contribution in [0.1, 0.15) is 30.6 Å². The average molecular weight is 347 g/mol. The number of carbonyl (C=O) groups excluding carboxylic acids is 1. The Kier molecular flexibility index (Phi) is 3.56. The molecular formula is C17H21N3O3S. The Morgan fingerprint density at radius 1 is 1.33 bits per heavy atom. The summed E-state index contributed by atoms with van der Waals surface area (Å²) in [6.07, 6.45) is 1.31. The van der Waals surface area contributed by atoms with E-state index in [4.69, 9.17) is 0 Å². The molecule has 2 N–H and O–H groups in total. The molecule has 24 heavy (non-hydrogen) atoms. The van der Waals surface area contributed by atoms with E-state index in [1.165, 1.54) is 10.9 Å². The number of urea groups is 1. The third-order valence-corrected chi connectivity index (χ3v) is 6.92. The highest BCUT2D eigenvalue weighted by molar-refractivity contribution is 7.91. The molecule has 6 nitrogen and oxygen atoms in total. The van der Waals surface area contributed by atoms with Gasteiger partial charge in [-0.25, -0.2) is 13.2 Å². The number of rotatable bonds is 1. The predicted molar refractivity (Wildman–Crippen MR) is 92.7 cm³/mol. The van der Waals surface area contributed by atoms with E-state index < -0.39 is 9.84 Å². The molecule has 2 aliphatic rings. The second kappa shape index (κ2) is 5.51. The molecule has 0 unspecified atom stereocenters. The van der Waals surface area contributed by atoms with Crippen molar-refractivity contribution in [3.05, 3.63) is 35.5 Å². The fraction of sp³-hybridized carbons (Fsp3) is 0.471. The van der Waals surface area contributed by atoms with Gasteiger partial charge in [-0.15, -0.1) is 0 Å². The van der Waals surface area contributed by atoms with Crippen LogP contribution < -0.4 is 5.32 Å². The lowest BCUT2D eigenvalue weighted by atomic mass is 9.98. The van der Waals surface area contributed by atoms with Crippen molar-refractivity contribution in [1.82, 2.24) is 15.2 Å². The zero-order valence-corrected chi connectivity index (χ0v) is 14.4. The van der Waals surface area contributed by atoms with Gasteiger partial charge in [0.25, 0.3) is 0 Å². The number of H-pyrrole nitrogens is 1. The molecule has 2 amide bonds. The van der Waals surface area contributed by atoms with E-state index in [1.54, 1.807) is 4.90 Å². The van der Waals surface area contributed by atoms with E-state index in [0.29, 0.717) is 13.0 Å². The summed E-state index contributed by atoms with van der Waals surface area (Å²) >= 11 is 0. The van der Waals surface area contributed by atoms with Crippen molar-refractivity contribution in [2.75, 3.05) is 18.1 Å². The number of hydrogen-bond acceptors (Lipinski definition) is 3. The van der Waals surface area contributed by atoms with Crippen LogP contribution in [-0.2, 0) is 16.3 Å². The number of aromatic nitrogens is 1. The van der Waals surface area contributed by atoms with Crippen LogP contribution in [0.4, 0.5) is 4.79 Å². The minimum absolute atomic E-state index is 0.0542. The maximum atomic E-state index is 12.6. The summed E-state index contributed by atoms with van der Waals surface area (Å²) < 4.78 is 23.1. The van der Waals surface area contributed by atoms with Gasteiger partial charge in [0.1, 0.15) is 0 Å². The number of aromatic amines is 1. The van der Waals surface area contributed by atoms with E-state index >= 15 is 0 Å². The Morgan fingerprint density at radius 3 is 2.88 bits per heavy atom. The fourth-order valence-corrected chi connectivity index (χ4v) is 5.55. The van der Waals surface area contributed by atoms with E-state index in [1.807, 2.05) is 25.1 Å². The zero-order chi connectivity index (χ0) is 16.9. The summed E-state index contributed by atoms with van der Waals surface area (Å²) in [5, 5.41) is 4.12. The van der Waals surface area contributed by atoms with Gasteiger partial charge in [-0.3, -0.25) is 0 Å². The Labute approximate surface area is 141 Å². The van der Waals surface area contributed by atoms with Gasteiger partial charge in [0.05, 0.1) is 17.5 Å². The van der Waals surface area contributed by atoms with Crippen LogP contribution in [0, 0.1) is 0 Å². The number of hydrogen-bond donors (Lipinski definition) is 2. The average Bonchev–Trinajstić information content (AvgIpc) is 3.08. The molecule has 0 bridgehead atoms. The first-order valence-corrected chi connectivity index (χ1v) is 10.1. The van der Waals surface area contributed by atoms with Crippen LogP contribution in [0.5, 0.6) is 0 Å². The molecule has 4 rings (SSSR count). The number of amides is 2. The topological polar surface area (TPSA) is 82.3 Å². The van der Waals surface area contributed by atoms with Crippen molar-refractivity contribution in [1.29, 1.82) is 0 Å². The van der Waals surface area contributed by atoms with Crippen LogP contribution in [0.3, 0.4) is 0 Å². The first kappa shape index (κ1) is 15.5.